The average Bonchev–Trinajstić information content (AvgIpc) is 3.03. The summed E-state index contributed by atoms with van der Waals surface area (Å²) in [4.78, 5) is 0. The lowest BCUT2D eigenvalue weighted by molar-refractivity contribution is 0.878. The Labute approximate surface area is 123 Å². The lowest BCUT2D eigenvalue weighted by Gasteiger charge is -2.07. The van der Waals surface area contributed by atoms with Gasteiger partial charge in [0.25, 0.3) is 0 Å². The summed E-state index contributed by atoms with van der Waals surface area (Å²) in [5.74, 6) is 0. The second-order valence-corrected chi connectivity index (χ2v) is 4.75. The van der Waals surface area contributed by atoms with Gasteiger partial charge in [-0.25, -0.2) is 4.68 Å². The Kier molecular flexibility index (Phi) is 3.78. The molecular formula is C17H16N4. The van der Waals surface area contributed by atoms with Crippen molar-refractivity contribution in [1.29, 1.82) is 0 Å². The molecule has 1 aromatic heterocycles. The molecule has 0 bridgehead atoms. The van der Waals surface area contributed by atoms with Gasteiger partial charge < -0.3 is 0 Å². The molecule has 0 saturated heterocycles. The number of aromatic nitrogens is 2. The summed E-state index contributed by atoms with van der Waals surface area (Å²) in [7, 11) is 0. The fourth-order valence-corrected chi connectivity index (χ4v) is 2.09. The topological polar surface area (TPSA) is 42.2 Å². The fourth-order valence-electron chi connectivity index (χ4n) is 2.09. The third-order valence-electron chi connectivity index (χ3n) is 3.11. The quantitative estimate of drug-likeness (QED) is 0.584. The molecule has 0 aliphatic heterocycles. The van der Waals surface area contributed by atoms with Gasteiger partial charge in [0.2, 0.25) is 0 Å². The molecule has 4 nitrogen and oxygen atoms in total. The number of hydrazone groups is 1. The molecule has 0 fully saturated rings. The van der Waals surface area contributed by atoms with Crippen molar-refractivity contribution in [1.82, 2.24) is 9.78 Å². The van der Waals surface area contributed by atoms with E-state index in [0.717, 1.165) is 16.9 Å². The summed E-state index contributed by atoms with van der Waals surface area (Å²) >= 11 is 0. The Balaban J connectivity index is 1.86. The molecule has 3 aromatic rings. The number of aryl methyl sites for hydroxylation is 1. The van der Waals surface area contributed by atoms with E-state index in [-0.39, 0.29) is 0 Å². The summed E-state index contributed by atoms with van der Waals surface area (Å²) in [5, 5.41) is 8.59. The summed E-state index contributed by atoms with van der Waals surface area (Å²) in [6, 6.07) is 18.0. The fraction of sp³-hybridized carbons (Fsp3) is 0.0588. The smallest absolute Gasteiger partial charge is 0.0734 e. The van der Waals surface area contributed by atoms with Crippen molar-refractivity contribution in [3.8, 4) is 5.69 Å². The van der Waals surface area contributed by atoms with Gasteiger partial charge in [0.05, 0.1) is 17.6 Å². The highest BCUT2D eigenvalue weighted by Crippen LogP contribution is 2.14. The molecule has 4 heteroatoms. The summed E-state index contributed by atoms with van der Waals surface area (Å²) in [6.07, 6.45) is 5.51. The van der Waals surface area contributed by atoms with E-state index in [1.165, 1.54) is 5.56 Å². The van der Waals surface area contributed by atoms with Gasteiger partial charge in [-0.15, -0.1) is 0 Å². The van der Waals surface area contributed by atoms with E-state index in [9.17, 15) is 0 Å². The maximum atomic E-state index is 4.31. The second kappa shape index (κ2) is 6.05. The van der Waals surface area contributed by atoms with Crippen molar-refractivity contribution in [2.24, 2.45) is 5.10 Å². The predicted molar refractivity (Wildman–Crippen MR) is 86.0 cm³/mol. The monoisotopic (exact) mass is 276 g/mol. The van der Waals surface area contributed by atoms with Crippen LogP contribution < -0.4 is 5.43 Å². The number of hydrogen-bond acceptors (Lipinski definition) is 3. The zero-order chi connectivity index (χ0) is 14.5. The second-order valence-electron chi connectivity index (χ2n) is 4.75. The van der Waals surface area contributed by atoms with Crippen molar-refractivity contribution >= 4 is 11.9 Å². The molecule has 2 aromatic carbocycles. The minimum atomic E-state index is 0.960. The third kappa shape index (κ3) is 3.17. The van der Waals surface area contributed by atoms with Crippen LogP contribution in [-0.4, -0.2) is 16.0 Å². The molecule has 0 amide bonds. The van der Waals surface area contributed by atoms with Crippen LogP contribution in [0.2, 0.25) is 0 Å². The first-order chi connectivity index (χ1) is 10.3. The molecule has 1 N–H and O–H groups in total. The molecule has 0 spiro atoms. The first-order valence-electron chi connectivity index (χ1n) is 6.78. The van der Waals surface area contributed by atoms with Crippen LogP contribution in [0, 0.1) is 6.92 Å². The van der Waals surface area contributed by atoms with Gasteiger partial charge in [0, 0.05) is 18.0 Å². The molecule has 3 rings (SSSR count). The highest BCUT2D eigenvalue weighted by atomic mass is 15.3. The maximum Gasteiger partial charge on any atom is 0.0734 e. The largest absolute Gasteiger partial charge is 0.279 e. The Hall–Kier alpha value is -2.88. The Morgan fingerprint density at radius 3 is 2.71 bits per heavy atom. The van der Waals surface area contributed by atoms with Crippen LogP contribution >= 0.6 is 0 Å². The van der Waals surface area contributed by atoms with Gasteiger partial charge in [-0.05, 0) is 37.3 Å². The molecule has 21 heavy (non-hydrogen) atoms. The predicted octanol–water partition coefficient (Wildman–Crippen LogP) is 3.63. The minimum absolute atomic E-state index is 0.960. The van der Waals surface area contributed by atoms with E-state index in [1.54, 1.807) is 6.20 Å². The Bertz CT molecular complexity index is 731. The molecule has 104 valence electrons. The van der Waals surface area contributed by atoms with Gasteiger partial charge in [0.15, 0.2) is 0 Å². The Morgan fingerprint density at radius 1 is 1.10 bits per heavy atom. The van der Waals surface area contributed by atoms with Crippen molar-refractivity contribution in [2.45, 2.75) is 6.92 Å². The van der Waals surface area contributed by atoms with E-state index < -0.39 is 0 Å². The van der Waals surface area contributed by atoms with E-state index in [4.69, 9.17) is 0 Å². The Morgan fingerprint density at radius 2 is 1.95 bits per heavy atom. The number of anilines is 1. The van der Waals surface area contributed by atoms with Crippen molar-refractivity contribution in [3.05, 3.63) is 78.1 Å². The van der Waals surface area contributed by atoms with Crippen LogP contribution in [0.15, 0.2) is 72.1 Å². The molecule has 0 radical (unpaired) electrons. The molecular weight excluding hydrogens is 260 g/mol. The highest BCUT2D eigenvalue weighted by Gasteiger charge is 2.03. The molecule has 0 saturated carbocycles. The third-order valence-corrected chi connectivity index (χ3v) is 3.11. The number of nitrogens with one attached hydrogen (secondary N) is 1. The molecule has 0 aliphatic rings. The number of nitrogens with zero attached hydrogens (tertiary/aromatic N) is 3. The lowest BCUT2D eigenvalue weighted by atomic mass is 10.1. The highest BCUT2D eigenvalue weighted by molar-refractivity contribution is 5.85. The first-order valence-corrected chi connectivity index (χ1v) is 6.78. The van der Waals surface area contributed by atoms with E-state index in [2.05, 4.69) is 34.7 Å². The molecule has 0 atom stereocenters. The van der Waals surface area contributed by atoms with Crippen LogP contribution in [0.5, 0.6) is 0 Å². The van der Waals surface area contributed by atoms with Gasteiger partial charge in [0.1, 0.15) is 0 Å². The minimum Gasteiger partial charge on any atom is -0.279 e. The van der Waals surface area contributed by atoms with Gasteiger partial charge in [-0.2, -0.15) is 10.2 Å². The number of hydrogen-bond donors (Lipinski definition) is 1. The summed E-state index contributed by atoms with van der Waals surface area (Å²) in [6.45, 7) is 2.06. The van der Waals surface area contributed by atoms with Crippen molar-refractivity contribution < 1.29 is 0 Å². The number of benzene rings is 2. The zero-order valence-corrected chi connectivity index (χ0v) is 11.8. The lowest BCUT2D eigenvalue weighted by Crippen LogP contribution is -2.01. The number of rotatable bonds is 4. The maximum absolute atomic E-state index is 4.31. The SMILES string of the molecule is Cc1ccc(-n2cccn2)c(C=NNc2ccccc2)c1. The van der Waals surface area contributed by atoms with Crippen LogP contribution in [0.3, 0.4) is 0 Å². The van der Waals surface area contributed by atoms with Crippen molar-refractivity contribution in [2.75, 3.05) is 5.43 Å². The van der Waals surface area contributed by atoms with Crippen LogP contribution in [-0.2, 0) is 0 Å². The van der Waals surface area contributed by atoms with E-state index in [1.807, 2.05) is 59.6 Å². The first kappa shape index (κ1) is 13.1. The molecule has 0 unspecified atom stereocenters. The van der Waals surface area contributed by atoms with Crippen LogP contribution in [0.4, 0.5) is 5.69 Å². The molecule has 0 aliphatic carbocycles. The van der Waals surface area contributed by atoms with Crippen molar-refractivity contribution in [3.63, 3.8) is 0 Å². The standard InChI is InChI=1S/C17H16N4/c1-14-8-9-17(21-11-5-10-19-21)15(12-14)13-18-20-16-6-3-2-4-7-16/h2-13,20H,1H3. The zero-order valence-electron chi connectivity index (χ0n) is 11.8. The van der Waals surface area contributed by atoms with Gasteiger partial charge >= 0.3 is 0 Å². The van der Waals surface area contributed by atoms with Gasteiger partial charge in [-0.1, -0.05) is 29.8 Å². The summed E-state index contributed by atoms with van der Waals surface area (Å²) < 4.78 is 1.84. The van der Waals surface area contributed by atoms with Gasteiger partial charge in [-0.3, -0.25) is 5.43 Å². The normalized spacial score (nSPS) is 10.9. The average molecular weight is 276 g/mol. The van der Waals surface area contributed by atoms with E-state index in [0.29, 0.717) is 0 Å². The molecule has 1 heterocycles. The van der Waals surface area contributed by atoms with E-state index >= 15 is 0 Å². The van der Waals surface area contributed by atoms with Crippen LogP contribution in [0.25, 0.3) is 5.69 Å². The summed E-state index contributed by atoms with van der Waals surface area (Å²) in [5.41, 5.74) is 7.19. The van der Waals surface area contributed by atoms with Crippen LogP contribution in [0.1, 0.15) is 11.1 Å². The number of para-hydroxylation sites is 1.